The lowest BCUT2D eigenvalue weighted by atomic mass is 10.1. The van der Waals surface area contributed by atoms with Gasteiger partial charge in [0.1, 0.15) is 0 Å². The van der Waals surface area contributed by atoms with E-state index < -0.39 is 18.1 Å². The van der Waals surface area contributed by atoms with Gasteiger partial charge in [-0.1, -0.05) is 29.8 Å². The second-order valence-electron chi connectivity index (χ2n) is 4.23. The Labute approximate surface area is 116 Å². The molecule has 0 spiro atoms. The monoisotopic (exact) mass is 285 g/mol. The zero-order valence-corrected chi connectivity index (χ0v) is 11.2. The first-order chi connectivity index (χ1) is 8.91. The van der Waals surface area contributed by atoms with Gasteiger partial charge in [-0.25, -0.2) is 4.79 Å². The third-order valence-corrected chi connectivity index (χ3v) is 3.06. The van der Waals surface area contributed by atoms with Crippen molar-refractivity contribution in [1.29, 1.82) is 0 Å². The van der Waals surface area contributed by atoms with E-state index in [2.05, 4.69) is 5.32 Å². The van der Waals surface area contributed by atoms with Gasteiger partial charge in [0.2, 0.25) is 5.91 Å². The standard InChI is InChI=1S/C13H16ClNO4/c1-8(12(17)13(18)19)15-11(16)7-6-9-4-2-3-5-10(9)14/h2-5,8,12,17H,6-7H2,1H3,(H,15,16)(H,18,19). The minimum atomic E-state index is -1.61. The summed E-state index contributed by atoms with van der Waals surface area (Å²) < 4.78 is 0. The van der Waals surface area contributed by atoms with Gasteiger partial charge < -0.3 is 15.5 Å². The number of aliphatic hydroxyl groups is 1. The van der Waals surface area contributed by atoms with Crippen LogP contribution in [-0.4, -0.2) is 34.2 Å². The molecule has 2 unspecified atom stereocenters. The summed E-state index contributed by atoms with van der Waals surface area (Å²) >= 11 is 5.96. The average molecular weight is 286 g/mol. The predicted molar refractivity (Wildman–Crippen MR) is 71.0 cm³/mol. The lowest BCUT2D eigenvalue weighted by Gasteiger charge is -2.16. The molecule has 1 aromatic carbocycles. The van der Waals surface area contributed by atoms with Crippen LogP contribution in [0.1, 0.15) is 18.9 Å². The van der Waals surface area contributed by atoms with Gasteiger partial charge in [-0.2, -0.15) is 0 Å². The van der Waals surface area contributed by atoms with Crippen molar-refractivity contribution >= 4 is 23.5 Å². The van der Waals surface area contributed by atoms with Crippen LogP contribution in [0.15, 0.2) is 24.3 Å². The van der Waals surface area contributed by atoms with E-state index in [-0.39, 0.29) is 12.3 Å². The molecule has 104 valence electrons. The number of aliphatic carboxylic acids is 1. The van der Waals surface area contributed by atoms with Crippen molar-refractivity contribution in [3.8, 4) is 0 Å². The van der Waals surface area contributed by atoms with Crippen molar-refractivity contribution in [2.75, 3.05) is 0 Å². The number of nitrogens with one attached hydrogen (secondary N) is 1. The molecular formula is C13H16ClNO4. The van der Waals surface area contributed by atoms with Gasteiger partial charge in [0, 0.05) is 11.4 Å². The van der Waals surface area contributed by atoms with E-state index in [1.807, 2.05) is 12.1 Å². The molecular weight excluding hydrogens is 270 g/mol. The fourth-order valence-corrected chi connectivity index (χ4v) is 1.80. The number of hydrogen-bond donors (Lipinski definition) is 3. The quantitative estimate of drug-likeness (QED) is 0.733. The molecule has 0 aliphatic carbocycles. The molecule has 0 radical (unpaired) electrons. The first-order valence-corrected chi connectivity index (χ1v) is 6.23. The Morgan fingerprint density at radius 2 is 2.00 bits per heavy atom. The molecule has 0 fully saturated rings. The summed E-state index contributed by atoms with van der Waals surface area (Å²) in [5.74, 6) is -1.69. The molecule has 0 saturated carbocycles. The molecule has 5 nitrogen and oxygen atoms in total. The summed E-state index contributed by atoms with van der Waals surface area (Å²) in [4.78, 5) is 22.1. The number of hydrogen-bond acceptors (Lipinski definition) is 3. The summed E-state index contributed by atoms with van der Waals surface area (Å²) in [6, 6.07) is 6.36. The van der Waals surface area contributed by atoms with E-state index in [4.69, 9.17) is 16.7 Å². The van der Waals surface area contributed by atoms with Crippen molar-refractivity contribution in [1.82, 2.24) is 5.32 Å². The van der Waals surface area contributed by atoms with Crippen LogP contribution in [0.25, 0.3) is 0 Å². The molecule has 0 aliphatic rings. The lowest BCUT2D eigenvalue weighted by molar-refractivity contribution is -0.148. The second kappa shape index (κ2) is 7.11. The zero-order chi connectivity index (χ0) is 14.4. The highest BCUT2D eigenvalue weighted by Gasteiger charge is 2.22. The summed E-state index contributed by atoms with van der Waals surface area (Å²) in [6.45, 7) is 1.44. The van der Waals surface area contributed by atoms with Crippen LogP contribution in [0.3, 0.4) is 0 Å². The molecule has 0 aliphatic heterocycles. The van der Waals surface area contributed by atoms with E-state index in [9.17, 15) is 14.7 Å². The molecule has 6 heteroatoms. The highest BCUT2D eigenvalue weighted by molar-refractivity contribution is 6.31. The Bertz CT molecular complexity index is 464. The molecule has 19 heavy (non-hydrogen) atoms. The molecule has 1 aromatic rings. The Morgan fingerprint density at radius 1 is 1.37 bits per heavy atom. The van der Waals surface area contributed by atoms with Crippen LogP contribution in [-0.2, 0) is 16.0 Å². The topological polar surface area (TPSA) is 86.6 Å². The van der Waals surface area contributed by atoms with Crippen LogP contribution in [0.2, 0.25) is 5.02 Å². The molecule has 0 saturated heterocycles. The van der Waals surface area contributed by atoms with Crippen molar-refractivity contribution in [3.05, 3.63) is 34.9 Å². The smallest absolute Gasteiger partial charge is 0.334 e. The van der Waals surface area contributed by atoms with Crippen molar-refractivity contribution in [3.63, 3.8) is 0 Å². The molecule has 0 aromatic heterocycles. The number of aliphatic hydroxyl groups excluding tert-OH is 1. The molecule has 0 heterocycles. The number of aryl methyl sites for hydroxylation is 1. The number of carbonyl (C=O) groups excluding carboxylic acids is 1. The number of halogens is 1. The summed E-state index contributed by atoms with van der Waals surface area (Å²) in [6.07, 6.45) is -0.966. The largest absolute Gasteiger partial charge is 0.479 e. The maximum atomic E-state index is 11.6. The maximum absolute atomic E-state index is 11.6. The highest BCUT2D eigenvalue weighted by Crippen LogP contribution is 2.16. The molecule has 0 bridgehead atoms. The minimum Gasteiger partial charge on any atom is -0.479 e. The van der Waals surface area contributed by atoms with Crippen molar-refractivity contribution < 1.29 is 19.8 Å². The number of carbonyl (C=O) groups is 2. The lowest BCUT2D eigenvalue weighted by Crippen LogP contribution is -2.44. The van der Waals surface area contributed by atoms with Gasteiger partial charge in [-0.15, -0.1) is 0 Å². The van der Waals surface area contributed by atoms with Gasteiger partial charge in [0.15, 0.2) is 6.10 Å². The molecule has 1 amide bonds. The number of carboxylic acids is 1. The van der Waals surface area contributed by atoms with Crippen molar-refractivity contribution in [2.24, 2.45) is 0 Å². The second-order valence-corrected chi connectivity index (χ2v) is 4.64. The van der Waals surface area contributed by atoms with Gasteiger partial charge in [-0.3, -0.25) is 4.79 Å². The van der Waals surface area contributed by atoms with Gasteiger partial charge in [0.05, 0.1) is 6.04 Å². The van der Waals surface area contributed by atoms with Crippen molar-refractivity contribution in [2.45, 2.75) is 31.9 Å². The zero-order valence-electron chi connectivity index (χ0n) is 10.5. The number of carboxylic acid groups (broad SMARTS) is 1. The summed E-state index contributed by atoms with van der Waals surface area (Å²) in [5.41, 5.74) is 0.853. The van der Waals surface area contributed by atoms with Gasteiger partial charge in [0.25, 0.3) is 0 Å². The first-order valence-electron chi connectivity index (χ1n) is 5.85. The Morgan fingerprint density at radius 3 is 2.58 bits per heavy atom. The number of rotatable bonds is 6. The van der Waals surface area contributed by atoms with Crippen LogP contribution >= 0.6 is 11.6 Å². The maximum Gasteiger partial charge on any atom is 0.334 e. The fourth-order valence-electron chi connectivity index (χ4n) is 1.57. The Balaban J connectivity index is 2.44. The van der Waals surface area contributed by atoms with Crippen LogP contribution < -0.4 is 5.32 Å². The van der Waals surface area contributed by atoms with E-state index in [1.165, 1.54) is 6.92 Å². The van der Waals surface area contributed by atoms with Gasteiger partial charge in [-0.05, 0) is 25.0 Å². The number of benzene rings is 1. The SMILES string of the molecule is CC(NC(=O)CCc1ccccc1Cl)C(O)C(=O)O. The third kappa shape index (κ3) is 4.89. The van der Waals surface area contributed by atoms with E-state index in [0.717, 1.165) is 5.56 Å². The highest BCUT2D eigenvalue weighted by atomic mass is 35.5. The normalized spacial score (nSPS) is 13.6. The minimum absolute atomic E-state index is 0.181. The van der Waals surface area contributed by atoms with Gasteiger partial charge >= 0.3 is 5.97 Å². The van der Waals surface area contributed by atoms with E-state index in [0.29, 0.717) is 11.4 Å². The predicted octanol–water partition coefficient (Wildman–Crippen LogP) is 1.22. The molecule has 2 atom stereocenters. The number of amides is 1. The average Bonchev–Trinajstić information content (AvgIpc) is 2.36. The fraction of sp³-hybridized carbons (Fsp3) is 0.385. The van der Waals surface area contributed by atoms with E-state index in [1.54, 1.807) is 12.1 Å². The first kappa shape index (κ1) is 15.5. The molecule has 1 rings (SSSR count). The summed E-state index contributed by atoms with van der Waals surface area (Å²) in [7, 11) is 0. The molecule has 3 N–H and O–H groups in total. The van der Waals surface area contributed by atoms with Crippen LogP contribution in [0, 0.1) is 0 Å². The van der Waals surface area contributed by atoms with Crippen LogP contribution in [0.4, 0.5) is 0 Å². The Kier molecular flexibility index (Phi) is 5.79. The third-order valence-electron chi connectivity index (χ3n) is 2.69. The van der Waals surface area contributed by atoms with Crippen LogP contribution in [0.5, 0.6) is 0 Å². The Hall–Kier alpha value is -1.59. The van der Waals surface area contributed by atoms with E-state index >= 15 is 0 Å². The summed E-state index contributed by atoms with van der Waals surface area (Å²) in [5, 5.41) is 20.9.